The summed E-state index contributed by atoms with van der Waals surface area (Å²) >= 11 is 1.86. The molecule has 2 heteroatoms. The first-order valence-corrected chi connectivity index (χ1v) is 17.8. The number of rotatable bonds is 7. The zero-order valence-corrected chi connectivity index (χ0v) is 28.2. The van der Waals surface area contributed by atoms with Crippen LogP contribution in [-0.4, -0.2) is 0 Å². The molecule has 0 aliphatic heterocycles. The Kier molecular flexibility index (Phi) is 7.77. The minimum absolute atomic E-state index is 1.11. The lowest BCUT2D eigenvalue weighted by atomic mass is 10.00. The summed E-state index contributed by atoms with van der Waals surface area (Å²) in [6, 6.07) is 72.3. The molecule has 8 aromatic carbocycles. The Balaban J connectivity index is 1.05. The molecule has 0 saturated carbocycles. The summed E-state index contributed by atoms with van der Waals surface area (Å²) in [5.74, 6) is 0. The van der Waals surface area contributed by atoms with E-state index in [1.54, 1.807) is 0 Å². The molecule has 1 nitrogen and oxygen atoms in total. The van der Waals surface area contributed by atoms with Gasteiger partial charge in [0.1, 0.15) is 0 Å². The second-order valence-electron chi connectivity index (χ2n) is 12.6. The fourth-order valence-corrected chi connectivity index (χ4v) is 7.91. The van der Waals surface area contributed by atoms with E-state index in [-0.39, 0.29) is 0 Å². The maximum Gasteiger partial charge on any atom is 0.0462 e. The maximum absolute atomic E-state index is 2.35. The Labute approximate surface area is 297 Å². The SMILES string of the molecule is c1ccc(-c2ccc(-c3ccc(N(c4ccc(-c5ccccc5)cc4)c4ccc(-c5cc6cc7ccccc7cc6s5)cc4)cc3)cc2)cc1. The zero-order chi connectivity index (χ0) is 33.3. The first-order valence-electron chi connectivity index (χ1n) is 17.0. The third-order valence-electron chi connectivity index (χ3n) is 9.48. The number of hydrogen-bond acceptors (Lipinski definition) is 2. The van der Waals surface area contributed by atoms with Crippen molar-refractivity contribution in [3.63, 3.8) is 0 Å². The Morgan fingerprint density at radius 1 is 0.280 bits per heavy atom. The molecule has 0 bridgehead atoms. The molecular weight excluding hydrogens is 623 g/mol. The molecule has 0 unspecified atom stereocenters. The van der Waals surface area contributed by atoms with Gasteiger partial charge in [-0.1, -0.05) is 146 Å². The van der Waals surface area contributed by atoms with Crippen LogP contribution in [0.2, 0.25) is 0 Å². The van der Waals surface area contributed by atoms with Crippen LogP contribution >= 0.6 is 11.3 Å². The second-order valence-corrected chi connectivity index (χ2v) is 13.7. The number of benzene rings is 8. The van der Waals surface area contributed by atoms with Gasteiger partial charge >= 0.3 is 0 Å². The van der Waals surface area contributed by atoms with Crippen molar-refractivity contribution in [2.75, 3.05) is 4.90 Å². The molecule has 0 aliphatic carbocycles. The van der Waals surface area contributed by atoms with Crippen molar-refractivity contribution >= 4 is 49.3 Å². The predicted molar refractivity (Wildman–Crippen MR) is 216 cm³/mol. The van der Waals surface area contributed by atoms with Crippen molar-refractivity contribution in [3.05, 3.63) is 200 Å². The van der Waals surface area contributed by atoms with Gasteiger partial charge in [-0.15, -0.1) is 11.3 Å². The summed E-state index contributed by atoms with van der Waals surface area (Å²) < 4.78 is 1.32. The molecule has 9 aromatic rings. The van der Waals surface area contributed by atoms with Crippen LogP contribution in [0.4, 0.5) is 17.1 Å². The van der Waals surface area contributed by atoms with E-state index in [0.717, 1.165) is 17.1 Å². The van der Waals surface area contributed by atoms with Crippen LogP contribution in [0.15, 0.2) is 200 Å². The van der Waals surface area contributed by atoms with Gasteiger partial charge in [-0.05, 0) is 110 Å². The Hall–Kier alpha value is -6.22. The first kappa shape index (κ1) is 29.9. The molecule has 1 heterocycles. The van der Waals surface area contributed by atoms with Crippen LogP contribution in [0, 0.1) is 0 Å². The lowest BCUT2D eigenvalue weighted by Crippen LogP contribution is -2.09. The van der Waals surface area contributed by atoms with Crippen molar-refractivity contribution in [2.45, 2.75) is 0 Å². The molecule has 0 atom stereocenters. The fraction of sp³-hybridized carbons (Fsp3) is 0. The van der Waals surface area contributed by atoms with Gasteiger partial charge in [-0.3, -0.25) is 0 Å². The highest BCUT2D eigenvalue weighted by Gasteiger charge is 2.15. The predicted octanol–water partition coefficient (Wildman–Crippen LogP) is 14.2. The number of fused-ring (bicyclic) bond motifs is 2. The van der Waals surface area contributed by atoms with Gasteiger partial charge in [-0.2, -0.15) is 0 Å². The normalized spacial score (nSPS) is 11.2. The number of thiophene rings is 1. The average Bonchev–Trinajstić information content (AvgIpc) is 3.61. The van der Waals surface area contributed by atoms with Crippen molar-refractivity contribution in [2.24, 2.45) is 0 Å². The smallest absolute Gasteiger partial charge is 0.0462 e. The van der Waals surface area contributed by atoms with E-state index in [1.165, 1.54) is 64.7 Å². The van der Waals surface area contributed by atoms with Crippen LogP contribution in [-0.2, 0) is 0 Å². The standard InChI is InChI=1S/C48H33NS/c1-3-9-34(10-4-1)36-15-17-37(18-16-36)39-21-27-45(28-22-39)49(44-25-19-38(20-26-44)35-11-5-2-6-12-35)46-29-23-40(24-30-46)47-33-43-31-41-13-7-8-14-42(41)32-48(43)50-47/h1-33H. The van der Waals surface area contributed by atoms with Gasteiger partial charge < -0.3 is 4.90 Å². The molecule has 0 amide bonds. The van der Waals surface area contributed by atoms with Crippen LogP contribution < -0.4 is 4.90 Å². The third-order valence-corrected chi connectivity index (χ3v) is 10.6. The largest absolute Gasteiger partial charge is 0.311 e. The van der Waals surface area contributed by atoms with Gasteiger partial charge in [0.05, 0.1) is 0 Å². The van der Waals surface area contributed by atoms with Crippen LogP contribution in [0.1, 0.15) is 0 Å². The van der Waals surface area contributed by atoms with E-state index in [0.29, 0.717) is 0 Å². The van der Waals surface area contributed by atoms with Gasteiger partial charge in [0.2, 0.25) is 0 Å². The molecule has 0 aliphatic rings. The topological polar surface area (TPSA) is 3.24 Å². The van der Waals surface area contributed by atoms with Crippen molar-refractivity contribution in [3.8, 4) is 43.8 Å². The first-order chi connectivity index (χ1) is 24.7. The van der Waals surface area contributed by atoms with Gasteiger partial charge in [-0.25, -0.2) is 0 Å². The molecule has 0 fully saturated rings. The average molecular weight is 656 g/mol. The zero-order valence-electron chi connectivity index (χ0n) is 27.4. The lowest BCUT2D eigenvalue weighted by molar-refractivity contribution is 1.28. The third kappa shape index (κ3) is 5.87. The number of anilines is 3. The molecular formula is C48H33NS. The number of nitrogens with zero attached hydrogens (tertiary/aromatic N) is 1. The summed E-state index contributed by atoms with van der Waals surface area (Å²) in [7, 11) is 0. The Morgan fingerprint density at radius 3 is 1.10 bits per heavy atom. The monoisotopic (exact) mass is 655 g/mol. The van der Waals surface area contributed by atoms with E-state index >= 15 is 0 Å². The molecule has 0 N–H and O–H groups in total. The van der Waals surface area contributed by atoms with E-state index in [2.05, 4.69) is 205 Å². The summed E-state index contributed by atoms with van der Waals surface area (Å²) in [4.78, 5) is 3.63. The van der Waals surface area contributed by atoms with Crippen molar-refractivity contribution in [1.29, 1.82) is 0 Å². The molecule has 0 saturated heterocycles. The van der Waals surface area contributed by atoms with E-state index in [1.807, 2.05) is 11.3 Å². The molecule has 50 heavy (non-hydrogen) atoms. The summed E-state index contributed by atoms with van der Waals surface area (Å²) in [6.45, 7) is 0. The van der Waals surface area contributed by atoms with Gasteiger partial charge in [0, 0.05) is 26.6 Å². The molecule has 236 valence electrons. The van der Waals surface area contributed by atoms with Crippen molar-refractivity contribution < 1.29 is 0 Å². The molecule has 0 spiro atoms. The highest BCUT2D eigenvalue weighted by atomic mass is 32.1. The summed E-state index contributed by atoms with van der Waals surface area (Å²) in [5.41, 5.74) is 11.9. The molecule has 1 aromatic heterocycles. The van der Waals surface area contributed by atoms with Crippen LogP contribution in [0.5, 0.6) is 0 Å². The van der Waals surface area contributed by atoms with E-state index in [4.69, 9.17) is 0 Å². The lowest BCUT2D eigenvalue weighted by Gasteiger charge is -2.26. The number of hydrogen-bond donors (Lipinski definition) is 0. The fourth-order valence-electron chi connectivity index (χ4n) is 6.81. The molecule has 0 radical (unpaired) electrons. The minimum atomic E-state index is 1.11. The van der Waals surface area contributed by atoms with Crippen molar-refractivity contribution in [1.82, 2.24) is 0 Å². The van der Waals surface area contributed by atoms with Crippen LogP contribution in [0.3, 0.4) is 0 Å². The van der Waals surface area contributed by atoms with Crippen LogP contribution in [0.25, 0.3) is 64.7 Å². The Bertz CT molecular complexity index is 2480. The van der Waals surface area contributed by atoms with Gasteiger partial charge in [0.25, 0.3) is 0 Å². The van der Waals surface area contributed by atoms with E-state index in [9.17, 15) is 0 Å². The van der Waals surface area contributed by atoms with Gasteiger partial charge in [0.15, 0.2) is 0 Å². The summed E-state index contributed by atoms with van der Waals surface area (Å²) in [5, 5.41) is 3.86. The quantitative estimate of drug-likeness (QED) is 0.165. The Morgan fingerprint density at radius 2 is 0.640 bits per heavy atom. The van der Waals surface area contributed by atoms with E-state index < -0.39 is 0 Å². The highest BCUT2D eigenvalue weighted by molar-refractivity contribution is 7.22. The second kappa shape index (κ2) is 13.0. The highest BCUT2D eigenvalue weighted by Crippen LogP contribution is 2.40. The minimum Gasteiger partial charge on any atom is -0.311 e. The summed E-state index contributed by atoms with van der Waals surface area (Å²) in [6.07, 6.45) is 0. The maximum atomic E-state index is 2.35. The molecule has 9 rings (SSSR count).